The number of imidazole rings is 1. The Kier molecular flexibility index (Phi) is 7.17. The van der Waals surface area contributed by atoms with Crippen molar-refractivity contribution in [1.82, 2.24) is 9.55 Å². The Hall–Kier alpha value is -0.620. The zero-order chi connectivity index (χ0) is 17.6. The predicted octanol–water partition coefficient (Wildman–Crippen LogP) is 5.31. The van der Waals surface area contributed by atoms with Gasteiger partial charge in [0.2, 0.25) is 0 Å². The first-order valence-electron chi connectivity index (χ1n) is 8.84. The number of halogens is 1. The maximum absolute atomic E-state index is 10.6. The fourth-order valence-corrected chi connectivity index (χ4v) is 5.64. The number of aromatic nitrogens is 2. The summed E-state index contributed by atoms with van der Waals surface area (Å²) in [6, 6.07) is 7.31. The van der Waals surface area contributed by atoms with E-state index in [0.29, 0.717) is 5.02 Å². The van der Waals surface area contributed by atoms with Crippen LogP contribution in [0.2, 0.25) is 5.02 Å². The van der Waals surface area contributed by atoms with E-state index in [0.717, 1.165) is 33.2 Å². The Labute approximate surface area is 163 Å². The summed E-state index contributed by atoms with van der Waals surface area (Å²) < 4.78 is 2.00. The first-order valence-corrected chi connectivity index (χ1v) is 11.3. The monoisotopic (exact) mass is 396 g/mol. The van der Waals surface area contributed by atoms with Crippen LogP contribution in [0.15, 0.2) is 35.6 Å². The van der Waals surface area contributed by atoms with E-state index in [2.05, 4.69) is 16.7 Å². The van der Waals surface area contributed by atoms with Crippen molar-refractivity contribution in [3.8, 4) is 0 Å². The molecule has 2 aromatic rings. The Morgan fingerprint density at radius 3 is 2.64 bits per heavy atom. The van der Waals surface area contributed by atoms with Gasteiger partial charge in [-0.1, -0.05) is 54.8 Å². The van der Waals surface area contributed by atoms with E-state index in [9.17, 15) is 5.11 Å². The molecule has 1 atom stereocenters. The highest BCUT2D eigenvalue weighted by atomic mass is 35.5. The minimum Gasteiger partial charge on any atom is -0.382 e. The van der Waals surface area contributed by atoms with Crippen LogP contribution in [0.4, 0.5) is 0 Å². The van der Waals surface area contributed by atoms with Gasteiger partial charge in [-0.3, -0.25) is 0 Å². The molecule has 1 aliphatic carbocycles. The molecule has 1 unspecified atom stereocenters. The van der Waals surface area contributed by atoms with Crippen LogP contribution in [0.3, 0.4) is 0 Å². The summed E-state index contributed by atoms with van der Waals surface area (Å²) in [6.45, 7) is 0. The Morgan fingerprint density at radius 1 is 1.20 bits per heavy atom. The largest absolute Gasteiger partial charge is 0.382 e. The van der Waals surface area contributed by atoms with E-state index in [1.54, 1.807) is 30.1 Å². The van der Waals surface area contributed by atoms with Crippen molar-refractivity contribution in [3.63, 3.8) is 0 Å². The molecule has 0 radical (unpaired) electrons. The lowest BCUT2D eigenvalue weighted by Gasteiger charge is -2.20. The Morgan fingerprint density at radius 2 is 1.92 bits per heavy atom. The number of rotatable bonds is 7. The normalized spacial score (nSPS) is 16.9. The van der Waals surface area contributed by atoms with Gasteiger partial charge in [-0.05, 0) is 30.5 Å². The van der Waals surface area contributed by atoms with E-state index in [1.807, 2.05) is 23.7 Å². The van der Waals surface area contributed by atoms with E-state index in [4.69, 9.17) is 11.6 Å². The number of aliphatic hydroxyl groups excluding tert-OH is 1. The summed E-state index contributed by atoms with van der Waals surface area (Å²) in [5.74, 6) is 2.22. The van der Waals surface area contributed by atoms with Gasteiger partial charge < -0.3 is 9.67 Å². The second-order valence-electron chi connectivity index (χ2n) is 6.46. The van der Waals surface area contributed by atoms with Crippen LogP contribution >= 0.6 is 35.1 Å². The highest BCUT2D eigenvalue weighted by Gasteiger charge is 2.17. The maximum Gasteiger partial charge on any atom is 0.168 e. The third-order valence-corrected chi connectivity index (χ3v) is 7.61. The molecule has 1 N–H and O–H groups in total. The van der Waals surface area contributed by atoms with Crippen LogP contribution in [-0.2, 0) is 7.05 Å². The van der Waals surface area contributed by atoms with Crippen LogP contribution in [0, 0.1) is 0 Å². The third kappa shape index (κ3) is 5.19. The lowest BCUT2D eigenvalue weighted by atomic mass is 10.0. The summed E-state index contributed by atoms with van der Waals surface area (Å²) in [4.78, 5) is 4.49. The van der Waals surface area contributed by atoms with Gasteiger partial charge in [-0.25, -0.2) is 4.98 Å². The van der Waals surface area contributed by atoms with Crippen molar-refractivity contribution in [2.45, 2.75) is 48.6 Å². The molecule has 0 saturated heterocycles. The second-order valence-corrected chi connectivity index (χ2v) is 9.36. The summed E-state index contributed by atoms with van der Waals surface area (Å²) in [6.07, 6.45) is 8.07. The van der Waals surface area contributed by atoms with E-state index in [1.165, 1.54) is 32.1 Å². The fourth-order valence-electron chi connectivity index (χ4n) is 3.19. The van der Waals surface area contributed by atoms with Gasteiger partial charge in [0.15, 0.2) is 5.16 Å². The van der Waals surface area contributed by atoms with Gasteiger partial charge in [0, 0.05) is 28.8 Å². The molecule has 6 heteroatoms. The highest BCUT2D eigenvalue weighted by molar-refractivity contribution is 8.03. The van der Waals surface area contributed by atoms with Crippen LogP contribution in [0.25, 0.3) is 0 Å². The first kappa shape index (κ1) is 19.2. The Balaban J connectivity index is 1.52. The first-order chi connectivity index (χ1) is 12.1. The number of hydrogen-bond donors (Lipinski definition) is 1. The SMILES string of the molecule is Cn1c(C(O)c2ccc(Cl)cc2)cnc1SCCSC1CCCCC1. The molecule has 1 aromatic heterocycles. The quantitative estimate of drug-likeness (QED) is 0.508. The summed E-state index contributed by atoms with van der Waals surface area (Å²) in [5, 5.41) is 13.1. The van der Waals surface area contributed by atoms with Crippen molar-refractivity contribution in [1.29, 1.82) is 0 Å². The number of nitrogens with zero attached hydrogens (tertiary/aromatic N) is 2. The standard InChI is InChI=1S/C19H25ClN2OS2/c1-22-17(18(23)14-7-9-15(20)10-8-14)13-21-19(22)25-12-11-24-16-5-3-2-4-6-16/h7-10,13,16,18,23H,2-6,11-12H2,1H3. The molecule has 3 rings (SSSR count). The summed E-state index contributed by atoms with van der Waals surface area (Å²) >= 11 is 9.80. The van der Waals surface area contributed by atoms with Crippen molar-refractivity contribution >= 4 is 35.1 Å². The molecule has 0 amide bonds. The van der Waals surface area contributed by atoms with Crippen LogP contribution < -0.4 is 0 Å². The van der Waals surface area contributed by atoms with Crippen molar-refractivity contribution < 1.29 is 5.11 Å². The molecule has 1 aromatic carbocycles. The molecule has 0 spiro atoms. The molecule has 3 nitrogen and oxygen atoms in total. The minimum atomic E-state index is -0.680. The lowest BCUT2D eigenvalue weighted by Crippen LogP contribution is -2.09. The average Bonchev–Trinajstić information content (AvgIpc) is 3.00. The molecule has 0 bridgehead atoms. The molecule has 1 fully saturated rings. The highest BCUT2D eigenvalue weighted by Crippen LogP contribution is 2.30. The number of aliphatic hydroxyl groups is 1. The van der Waals surface area contributed by atoms with Gasteiger partial charge in [-0.2, -0.15) is 11.8 Å². The average molecular weight is 397 g/mol. The van der Waals surface area contributed by atoms with E-state index < -0.39 is 6.10 Å². The fraction of sp³-hybridized carbons (Fsp3) is 0.526. The van der Waals surface area contributed by atoms with Crippen LogP contribution in [-0.4, -0.2) is 31.4 Å². The zero-order valence-electron chi connectivity index (χ0n) is 14.5. The molecular weight excluding hydrogens is 372 g/mol. The second kappa shape index (κ2) is 9.36. The smallest absolute Gasteiger partial charge is 0.168 e. The van der Waals surface area contributed by atoms with Crippen LogP contribution in [0.1, 0.15) is 49.5 Å². The van der Waals surface area contributed by atoms with E-state index in [-0.39, 0.29) is 0 Å². The van der Waals surface area contributed by atoms with Gasteiger partial charge in [0.05, 0.1) is 11.9 Å². The Bertz CT molecular complexity index is 669. The zero-order valence-corrected chi connectivity index (χ0v) is 16.9. The van der Waals surface area contributed by atoms with Gasteiger partial charge in [-0.15, -0.1) is 0 Å². The predicted molar refractivity (Wildman–Crippen MR) is 109 cm³/mol. The molecule has 25 heavy (non-hydrogen) atoms. The topological polar surface area (TPSA) is 38.0 Å². The van der Waals surface area contributed by atoms with Gasteiger partial charge in [0.25, 0.3) is 0 Å². The van der Waals surface area contributed by atoms with Gasteiger partial charge in [0.1, 0.15) is 6.10 Å². The number of hydrogen-bond acceptors (Lipinski definition) is 4. The number of benzene rings is 1. The lowest BCUT2D eigenvalue weighted by molar-refractivity contribution is 0.210. The number of thioether (sulfide) groups is 2. The van der Waals surface area contributed by atoms with Crippen molar-refractivity contribution in [3.05, 3.63) is 46.7 Å². The molecule has 1 aliphatic rings. The molecule has 136 valence electrons. The van der Waals surface area contributed by atoms with Crippen LogP contribution in [0.5, 0.6) is 0 Å². The minimum absolute atomic E-state index is 0.674. The summed E-state index contributed by atoms with van der Waals surface area (Å²) in [5.41, 5.74) is 1.64. The van der Waals surface area contributed by atoms with E-state index >= 15 is 0 Å². The molecule has 1 saturated carbocycles. The molecular formula is C19H25ClN2OS2. The molecule has 0 aliphatic heterocycles. The summed E-state index contributed by atoms with van der Waals surface area (Å²) in [7, 11) is 1.97. The van der Waals surface area contributed by atoms with Crippen molar-refractivity contribution in [2.75, 3.05) is 11.5 Å². The van der Waals surface area contributed by atoms with Gasteiger partial charge >= 0.3 is 0 Å². The molecule has 1 heterocycles. The van der Waals surface area contributed by atoms with Crippen molar-refractivity contribution in [2.24, 2.45) is 7.05 Å². The third-order valence-electron chi connectivity index (χ3n) is 4.67. The maximum atomic E-state index is 10.6.